The van der Waals surface area contributed by atoms with Crippen molar-refractivity contribution in [2.45, 2.75) is 13.8 Å². The van der Waals surface area contributed by atoms with E-state index in [-0.39, 0.29) is 11.8 Å². The number of carbonyl (C=O) groups is 2. The Morgan fingerprint density at radius 1 is 0.783 bits per heavy atom. The standard InChI is InChI=1S/C20H15NO2/c1-12-6-5-9-17(13(12)2)21-19(22)16-11-10-14-7-3-4-8-15(14)18(16)20(21)23/h3-11H,1-2H3. The van der Waals surface area contributed by atoms with Crippen LogP contribution in [-0.4, -0.2) is 11.8 Å². The van der Waals surface area contributed by atoms with E-state index in [1.165, 1.54) is 4.90 Å². The molecule has 0 bridgehead atoms. The predicted octanol–water partition coefficient (Wildman–Crippen LogP) is 4.26. The Morgan fingerprint density at radius 3 is 2.39 bits per heavy atom. The van der Waals surface area contributed by atoms with Gasteiger partial charge in [-0.25, -0.2) is 4.90 Å². The fourth-order valence-electron chi connectivity index (χ4n) is 3.20. The van der Waals surface area contributed by atoms with Gasteiger partial charge in [0.15, 0.2) is 0 Å². The van der Waals surface area contributed by atoms with Crippen molar-refractivity contribution >= 4 is 28.3 Å². The number of hydrogen-bond donors (Lipinski definition) is 0. The number of anilines is 1. The second-order valence-electron chi connectivity index (χ2n) is 5.87. The van der Waals surface area contributed by atoms with E-state index in [1.807, 2.05) is 62.4 Å². The van der Waals surface area contributed by atoms with E-state index >= 15 is 0 Å². The Hall–Kier alpha value is -2.94. The lowest BCUT2D eigenvalue weighted by Crippen LogP contribution is -2.30. The maximum Gasteiger partial charge on any atom is 0.266 e. The molecule has 0 N–H and O–H groups in total. The molecule has 0 fully saturated rings. The molecule has 0 spiro atoms. The summed E-state index contributed by atoms with van der Waals surface area (Å²) in [6.07, 6.45) is 0. The van der Waals surface area contributed by atoms with Crippen LogP contribution in [0.25, 0.3) is 10.8 Å². The van der Waals surface area contributed by atoms with Crippen LogP contribution in [0, 0.1) is 13.8 Å². The van der Waals surface area contributed by atoms with Crippen molar-refractivity contribution in [3.05, 3.63) is 76.9 Å². The topological polar surface area (TPSA) is 37.4 Å². The zero-order valence-corrected chi connectivity index (χ0v) is 13.0. The van der Waals surface area contributed by atoms with E-state index in [0.29, 0.717) is 16.8 Å². The average molecular weight is 301 g/mol. The van der Waals surface area contributed by atoms with Crippen LogP contribution in [0.4, 0.5) is 5.69 Å². The number of imide groups is 1. The van der Waals surface area contributed by atoms with Crippen molar-refractivity contribution in [1.82, 2.24) is 0 Å². The molecule has 1 aliphatic rings. The zero-order valence-electron chi connectivity index (χ0n) is 13.0. The molecule has 1 heterocycles. The normalized spacial score (nSPS) is 13.7. The van der Waals surface area contributed by atoms with Crippen LogP contribution < -0.4 is 4.90 Å². The summed E-state index contributed by atoms with van der Waals surface area (Å²) in [5.41, 5.74) is 3.67. The number of hydrogen-bond acceptors (Lipinski definition) is 2. The van der Waals surface area contributed by atoms with Gasteiger partial charge in [0.05, 0.1) is 16.8 Å². The van der Waals surface area contributed by atoms with Crippen LogP contribution in [0.15, 0.2) is 54.6 Å². The highest BCUT2D eigenvalue weighted by Gasteiger charge is 2.38. The lowest BCUT2D eigenvalue weighted by atomic mass is 10.0. The molecule has 3 heteroatoms. The van der Waals surface area contributed by atoms with E-state index in [1.54, 1.807) is 6.07 Å². The highest BCUT2D eigenvalue weighted by atomic mass is 16.2. The molecule has 0 aliphatic carbocycles. The van der Waals surface area contributed by atoms with Crippen LogP contribution in [0.3, 0.4) is 0 Å². The van der Waals surface area contributed by atoms with Crippen LogP contribution in [0.5, 0.6) is 0 Å². The third-order valence-electron chi connectivity index (χ3n) is 4.60. The molecular weight excluding hydrogens is 286 g/mol. The van der Waals surface area contributed by atoms with Crippen molar-refractivity contribution < 1.29 is 9.59 Å². The maximum absolute atomic E-state index is 13.0. The summed E-state index contributed by atoms with van der Waals surface area (Å²) in [5.74, 6) is -0.486. The van der Waals surface area contributed by atoms with E-state index in [2.05, 4.69) is 0 Å². The van der Waals surface area contributed by atoms with Crippen molar-refractivity contribution in [1.29, 1.82) is 0 Å². The van der Waals surface area contributed by atoms with Gasteiger partial charge in [0.25, 0.3) is 11.8 Å². The lowest BCUT2D eigenvalue weighted by molar-refractivity contribution is 0.0926. The minimum atomic E-state index is -0.246. The van der Waals surface area contributed by atoms with Crippen LogP contribution in [-0.2, 0) is 0 Å². The highest BCUT2D eigenvalue weighted by molar-refractivity contribution is 6.37. The minimum Gasteiger partial charge on any atom is -0.268 e. The van der Waals surface area contributed by atoms with Crippen LogP contribution in [0.2, 0.25) is 0 Å². The number of rotatable bonds is 1. The molecule has 3 aromatic carbocycles. The molecule has 0 aromatic heterocycles. The monoisotopic (exact) mass is 301 g/mol. The van der Waals surface area contributed by atoms with Gasteiger partial charge in [0.2, 0.25) is 0 Å². The Balaban J connectivity index is 1.97. The van der Waals surface area contributed by atoms with Crippen molar-refractivity contribution in [2.24, 2.45) is 0 Å². The molecular formula is C20H15NO2. The van der Waals surface area contributed by atoms with Gasteiger partial charge in [-0.2, -0.15) is 0 Å². The third kappa shape index (κ3) is 1.83. The number of benzene rings is 3. The lowest BCUT2D eigenvalue weighted by Gasteiger charge is -2.17. The molecule has 3 aromatic rings. The fraction of sp³-hybridized carbons (Fsp3) is 0.100. The largest absolute Gasteiger partial charge is 0.268 e. The van der Waals surface area contributed by atoms with Gasteiger partial charge in [0.1, 0.15) is 0 Å². The van der Waals surface area contributed by atoms with Crippen molar-refractivity contribution in [3.8, 4) is 0 Å². The smallest absolute Gasteiger partial charge is 0.266 e. The van der Waals surface area contributed by atoms with Crippen LogP contribution >= 0.6 is 0 Å². The van der Waals surface area contributed by atoms with Crippen LogP contribution in [0.1, 0.15) is 31.8 Å². The number of carbonyl (C=O) groups excluding carboxylic acids is 2. The van der Waals surface area contributed by atoms with E-state index in [9.17, 15) is 9.59 Å². The van der Waals surface area contributed by atoms with Gasteiger partial charge in [0, 0.05) is 0 Å². The first-order valence-corrected chi connectivity index (χ1v) is 7.56. The molecule has 1 aliphatic heterocycles. The first kappa shape index (κ1) is 13.7. The molecule has 0 radical (unpaired) electrons. The molecule has 0 unspecified atom stereocenters. The summed E-state index contributed by atoms with van der Waals surface area (Å²) in [5, 5.41) is 1.80. The van der Waals surface area contributed by atoms with E-state index in [4.69, 9.17) is 0 Å². The molecule has 23 heavy (non-hydrogen) atoms. The van der Waals surface area contributed by atoms with E-state index < -0.39 is 0 Å². The van der Waals surface area contributed by atoms with Gasteiger partial charge >= 0.3 is 0 Å². The molecule has 3 nitrogen and oxygen atoms in total. The molecule has 112 valence electrons. The molecule has 0 atom stereocenters. The Bertz CT molecular complexity index is 988. The minimum absolute atomic E-state index is 0.240. The quantitative estimate of drug-likeness (QED) is 0.630. The predicted molar refractivity (Wildman–Crippen MR) is 91.0 cm³/mol. The average Bonchev–Trinajstić information content (AvgIpc) is 2.82. The maximum atomic E-state index is 13.0. The first-order chi connectivity index (χ1) is 11.1. The Labute approximate surface area is 134 Å². The van der Waals surface area contributed by atoms with E-state index in [0.717, 1.165) is 21.9 Å². The van der Waals surface area contributed by atoms with Crippen molar-refractivity contribution in [3.63, 3.8) is 0 Å². The summed E-state index contributed by atoms with van der Waals surface area (Å²) in [6, 6.07) is 17.0. The van der Waals surface area contributed by atoms with Gasteiger partial charge in [-0.1, -0.05) is 42.5 Å². The van der Waals surface area contributed by atoms with Gasteiger partial charge < -0.3 is 0 Å². The Morgan fingerprint density at radius 2 is 1.57 bits per heavy atom. The number of aryl methyl sites for hydroxylation is 1. The summed E-state index contributed by atoms with van der Waals surface area (Å²) in [4.78, 5) is 27.1. The SMILES string of the molecule is Cc1cccc(N2C(=O)c3ccc4ccccc4c3C2=O)c1C. The molecule has 4 rings (SSSR count). The summed E-state index contributed by atoms with van der Waals surface area (Å²) in [6.45, 7) is 3.92. The molecule has 0 saturated heterocycles. The summed E-state index contributed by atoms with van der Waals surface area (Å²) < 4.78 is 0. The third-order valence-corrected chi connectivity index (χ3v) is 4.60. The van der Waals surface area contributed by atoms with Gasteiger partial charge in [-0.05, 0) is 47.9 Å². The first-order valence-electron chi connectivity index (χ1n) is 7.56. The fourth-order valence-corrected chi connectivity index (χ4v) is 3.20. The number of amides is 2. The second kappa shape index (κ2) is 4.78. The molecule has 2 amide bonds. The number of nitrogens with zero attached hydrogens (tertiary/aromatic N) is 1. The summed E-state index contributed by atoms with van der Waals surface area (Å²) >= 11 is 0. The zero-order chi connectivity index (χ0) is 16.1. The molecule has 0 saturated carbocycles. The van der Waals surface area contributed by atoms with Gasteiger partial charge in [-0.3, -0.25) is 9.59 Å². The second-order valence-corrected chi connectivity index (χ2v) is 5.87. The Kier molecular flexibility index (Phi) is 2.85. The van der Waals surface area contributed by atoms with Crippen molar-refractivity contribution in [2.75, 3.05) is 4.90 Å². The van der Waals surface area contributed by atoms with Gasteiger partial charge in [-0.15, -0.1) is 0 Å². The number of fused-ring (bicyclic) bond motifs is 3. The summed E-state index contributed by atoms with van der Waals surface area (Å²) in [7, 11) is 0. The highest BCUT2D eigenvalue weighted by Crippen LogP contribution is 2.35.